The van der Waals surface area contributed by atoms with E-state index in [2.05, 4.69) is 24.2 Å². The van der Waals surface area contributed by atoms with Crippen LogP contribution in [0.15, 0.2) is 112 Å². The minimum absolute atomic E-state index is 0.0639. The molecule has 0 N–H and O–H groups in total. The second-order valence-corrected chi connectivity index (χ2v) is 12.1. The molecule has 0 bridgehead atoms. The van der Waals surface area contributed by atoms with Gasteiger partial charge in [0.25, 0.3) is 0 Å². The molecule has 0 fully saturated rings. The zero-order valence-corrected chi connectivity index (χ0v) is 28.5. The first-order chi connectivity index (χ1) is 24.2. The van der Waals surface area contributed by atoms with Gasteiger partial charge in [0, 0.05) is 18.6 Å². The Balaban J connectivity index is 1.07. The molecule has 0 amide bonds. The summed E-state index contributed by atoms with van der Waals surface area (Å²) in [7, 11) is 1.58. The van der Waals surface area contributed by atoms with Crippen LogP contribution < -0.4 is 19.6 Å². The van der Waals surface area contributed by atoms with Crippen molar-refractivity contribution in [3.05, 3.63) is 124 Å². The maximum atomic E-state index is 13.5. The van der Waals surface area contributed by atoms with E-state index < -0.39 is 0 Å². The van der Waals surface area contributed by atoms with Gasteiger partial charge in [0.1, 0.15) is 18.3 Å². The van der Waals surface area contributed by atoms with Crippen LogP contribution in [0.25, 0.3) is 22.3 Å². The van der Waals surface area contributed by atoms with E-state index in [1.165, 1.54) is 44.1 Å². The Morgan fingerprint density at radius 3 is 2.00 bits per heavy atom. The molecule has 0 aliphatic carbocycles. The van der Waals surface area contributed by atoms with Gasteiger partial charge in [-0.2, -0.15) is 0 Å². The van der Waals surface area contributed by atoms with Crippen LogP contribution in [-0.2, 0) is 18.0 Å². The molecule has 0 radical (unpaired) electrons. The number of hydrogen-bond donors (Lipinski definition) is 0. The first-order valence-corrected chi connectivity index (χ1v) is 17.4. The van der Waals surface area contributed by atoms with Gasteiger partial charge in [-0.1, -0.05) is 124 Å². The van der Waals surface area contributed by atoms with Gasteiger partial charge in [-0.05, 0) is 54.3 Å². The van der Waals surface area contributed by atoms with Crippen LogP contribution in [0.4, 0.5) is 0 Å². The lowest BCUT2D eigenvalue weighted by molar-refractivity contribution is 0.116. The molecule has 0 unspecified atom stereocenters. The van der Waals surface area contributed by atoms with Crippen LogP contribution in [0, 0.1) is 12.0 Å². The number of rotatable bonds is 19. The molecule has 4 aromatic carbocycles. The predicted molar refractivity (Wildman–Crippen MR) is 196 cm³/mol. The first-order valence-electron chi connectivity index (χ1n) is 17.4. The van der Waals surface area contributed by atoms with Crippen molar-refractivity contribution in [2.24, 2.45) is 0 Å². The molecular formula is C43H46O6. The number of fused-ring (bicyclic) bond motifs is 1. The summed E-state index contributed by atoms with van der Waals surface area (Å²) in [6.45, 7) is 1.94. The van der Waals surface area contributed by atoms with E-state index in [-0.39, 0.29) is 11.2 Å². The van der Waals surface area contributed by atoms with Gasteiger partial charge in [-0.25, -0.2) is 0 Å². The minimum Gasteiger partial charge on any atom is -0.493 e. The van der Waals surface area contributed by atoms with Crippen molar-refractivity contribution in [2.45, 2.75) is 77.4 Å². The molecule has 0 spiro atoms. The van der Waals surface area contributed by atoms with Crippen LogP contribution >= 0.6 is 0 Å². The number of ether oxygens (including phenoxy) is 4. The average molecular weight is 659 g/mol. The fourth-order valence-electron chi connectivity index (χ4n) is 5.63. The number of hydrogen-bond acceptors (Lipinski definition) is 6. The first kappa shape index (κ1) is 35.3. The number of benzene rings is 4. The van der Waals surface area contributed by atoms with Crippen molar-refractivity contribution in [2.75, 3.05) is 13.7 Å². The van der Waals surface area contributed by atoms with Crippen LogP contribution in [0.3, 0.4) is 0 Å². The van der Waals surface area contributed by atoms with Crippen LogP contribution in [0.5, 0.6) is 17.2 Å². The Bertz CT molecular complexity index is 1840. The van der Waals surface area contributed by atoms with Gasteiger partial charge in [0.2, 0.25) is 11.2 Å². The van der Waals surface area contributed by atoms with Crippen LogP contribution in [0.2, 0.25) is 0 Å². The average Bonchev–Trinajstić information content (AvgIpc) is 3.15. The summed E-state index contributed by atoms with van der Waals surface area (Å²) in [6, 6.07) is 32.8. The Labute approximate surface area is 290 Å². The summed E-state index contributed by atoms with van der Waals surface area (Å²) in [5, 5.41) is 0.439. The van der Waals surface area contributed by atoms with E-state index in [0.717, 1.165) is 31.4 Å². The lowest BCUT2D eigenvalue weighted by Gasteiger charge is -2.13. The molecule has 0 atom stereocenters. The van der Waals surface area contributed by atoms with Crippen LogP contribution in [-0.4, -0.2) is 13.7 Å². The second kappa shape index (κ2) is 19.7. The highest BCUT2D eigenvalue weighted by molar-refractivity contribution is 5.82. The number of para-hydroxylation sites is 1. The van der Waals surface area contributed by atoms with E-state index in [1.54, 1.807) is 31.4 Å². The SMILES string of the molecule is COc1cc(-c2oc3ccccc3c(=O)c2OC#CCCCCCCCCCCCOCc2ccccc2)ccc1OCc1ccccc1. The third-order valence-electron chi connectivity index (χ3n) is 8.35. The summed E-state index contributed by atoms with van der Waals surface area (Å²) >= 11 is 0. The van der Waals surface area contributed by atoms with Crippen molar-refractivity contribution < 1.29 is 23.4 Å². The van der Waals surface area contributed by atoms with Crippen molar-refractivity contribution in [3.8, 4) is 40.6 Å². The fourth-order valence-corrected chi connectivity index (χ4v) is 5.63. The van der Waals surface area contributed by atoms with Gasteiger partial charge in [0.15, 0.2) is 17.3 Å². The zero-order valence-electron chi connectivity index (χ0n) is 28.5. The van der Waals surface area contributed by atoms with E-state index in [9.17, 15) is 4.79 Å². The Kier molecular flexibility index (Phi) is 14.2. The molecule has 5 aromatic rings. The molecule has 1 aromatic heterocycles. The van der Waals surface area contributed by atoms with E-state index in [1.807, 2.05) is 66.7 Å². The van der Waals surface area contributed by atoms with E-state index in [4.69, 9.17) is 23.4 Å². The smallest absolute Gasteiger partial charge is 0.237 e. The highest BCUT2D eigenvalue weighted by Gasteiger charge is 2.19. The topological polar surface area (TPSA) is 67.1 Å². The van der Waals surface area contributed by atoms with Gasteiger partial charge < -0.3 is 23.4 Å². The molecule has 0 saturated heterocycles. The monoisotopic (exact) mass is 658 g/mol. The summed E-state index contributed by atoms with van der Waals surface area (Å²) in [5.74, 6) is 4.55. The third kappa shape index (κ3) is 11.0. The Morgan fingerprint density at radius 2 is 1.29 bits per heavy atom. The summed E-state index contributed by atoms with van der Waals surface area (Å²) in [6.07, 6.45) is 14.2. The molecule has 0 aliphatic heterocycles. The Morgan fingerprint density at radius 1 is 0.653 bits per heavy atom. The summed E-state index contributed by atoms with van der Waals surface area (Å²) in [4.78, 5) is 13.5. The molecule has 6 nitrogen and oxygen atoms in total. The van der Waals surface area contributed by atoms with Crippen molar-refractivity contribution in [3.63, 3.8) is 0 Å². The standard InChI is InChI=1S/C43H46O6/c1-45-40-31-36(27-28-39(40)48-33-35-23-15-12-16-24-35)42-43(41(44)37-25-17-18-26-38(37)49-42)47-30-20-10-8-6-4-2-3-5-7-9-19-29-46-32-34-21-13-11-14-22-34/h11-18,21-28,31H,2-10,19,29,32-33H2,1H3. The van der Waals surface area contributed by atoms with E-state index in [0.29, 0.717) is 53.4 Å². The van der Waals surface area contributed by atoms with Crippen molar-refractivity contribution in [1.29, 1.82) is 0 Å². The molecule has 6 heteroatoms. The van der Waals surface area contributed by atoms with E-state index >= 15 is 0 Å². The lowest BCUT2D eigenvalue weighted by Crippen LogP contribution is -2.07. The molecule has 254 valence electrons. The molecular weight excluding hydrogens is 612 g/mol. The molecule has 1 heterocycles. The lowest BCUT2D eigenvalue weighted by atomic mass is 10.1. The quantitative estimate of drug-likeness (QED) is 0.0650. The van der Waals surface area contributed by atoms with Gasteiger partial charge in [-0.3, -0.25) is 4.79 Å². The normalized spacial score (nSPS) is 10.8. The fraction of sp³-hybridized carbons (Fsp3) is 0.326. The zero-order chi connectivity index (χ0) is 33.9. The van der Waals surface area contributed by atoms with Gasteiger partial charge in [0.05, 0.1) is 19.1 Å². The Hall–Kier alpha value is -4.99. The third-order valence-corrected chi connectivity index (χ3v) is 8.35. The molecule has 5 rings (SSSR count). The second-order valence-electron chi connectivity index (χ2n) is 12.1. The maximum Gasteiger partial charge on any atom is 0.237 e. The summed E-state index contributed by atoms with van der Waals surface area (Å²) in [5.41, 5.74) is 3.11. The van der Waals surface area contributed by atoms with Gasteiger partial charge in [-0.15, -0.1) is 0 Å². The molecule has 49 heavy (non-hydrogen) atoms. The summed E-state index contributed by atoms with van der Waals surface area (Å²) < 4.78 is 29.5. The molecule has 0 aliphatic rings. The maximum absolute atomic E-state index is 13.5. The van der Waals surface area contributed by atoms with Crippen LogP contribution in [0.1, 0.15) is 75.3 Å². The largest absolute Gasteiger partial charge is 0.493 e. The number of unbranched alkanes of at least 4 members (excludes halogenated alkanes) is 9. The van der Waals surface area contributed by atoms with Crippen molar-refractivity contribution >= 4 is 11.0 Å². The minimum atomic E-state index is -0.269. The predicted octanol–water partition coefficient (Wildman–Crippen LogP) is 10.5. The van der Waals surface area contributed by atoms with Crippen molar-refractivity contribution in [1.82, 2.24) is 0 Å². The highest BCUT2D eigenvalue weighted by atomic mass is 16.5. The highest BCUT2D eigenvalue weighted by Crippen LogP contribution is 2.37. The number of methoxy groups -OCH3 is 1. The van der Waals surface area contributed by atoms with Gasteiger partial charge >= 0.3 is 0 Å². The molecule has 0 saturated carbocycles.